The van der Waals surface area contributed by atoms with E-state index < -0.39 is 0 Å². The molecule has 0 saturated heterocycles. The van der Waals surface area contributed by atoms with Crippen molar-refractivity contribution in [1.29, 1.82) is 0 Å². The Kier molecular flexibility index (Phi) is 5.58. The van der Waals surface area contributed by atoms with Crippen LogP contribution in [-0.4, -0.2) is 11.0 Å². The van der Waals surface area contributed by atoms with Gasteiger partial charge in [-0.1, -0.05) is 69.3 Å². The monoisotopic (exact) mass is 380 g/mol. The van der Waals surface area contributed by atoms with Crippen LogP contribution < -0.4 is 16.4 Å². The highest BCUT2D eigenvalue weighted by Crippen LogP contribution is 2.29. The Morgan fingerprint density at radius 1 is 1.04 bits per heavy atom. The summed E-state index contributed by atoms with van der Waals surface area (Å²) < 4.78 is 0. The molecule has 0 radical (unpaired) electrons. The van der Waals surface area contributed by atoms with E-state index in [0.717, 1.165) is 22.5 Å². The zero-order valence-corrected chi connectivity index (χ0v) is 16.5. The lowest BCUT2D eigenvalue weighted by Crippen LogP contribution is -2.23. The van der Waals surface area contributed by atoms with Crippen molar-refractivity contribution in [3.63, 3.8) is 0 Å². The first kappa shape index (κ1) is 19.1. The fourth-order valence-electron chi connectivity index (χ4n) is 2.81. The van der Waals surface area contributed by atoms with Crippen LogP contribution in [0.5, 0.6) is 0 Å². The minimum absolute atomic E-state index is 0.0688. The maximum Gasteiger partial charge on any atom is 0.325 e. The molecule has 0 fully saturated rings. The Bertz CT molecular complexity index is 915. The van der Waals surface area contributed by atoms with Crippen molar-refractivity contribution in [3.8, 4) is 0 Å². The first-order valence-corrected chi connectivity index (χ1v) is 9.66. The van der Waals surface area contributed by atoms with Crippen molar-refractivity contribution in [2.75, 3.05) is 10.6 Å². The van der Waals surface area contributed by atoms with Gasteiger partial charge in [0.25, 0.3) is 0 Å². The van der Waals surface area contributed by atoms with Crippen LogP contribution in [0.15, 0.2) is 60.0 Å². The van der Waals surface area contributed by atoms with Crippen LogP contribution in [0.1, 0.15) is 43.6 Å². The average Bonchev–Trinajstić information content (AvgIpc) is 3.09. The van der Waals surface area contributed by atoms with Crippen molar-refractivity contribution in [2.45, 2.75) is 32.2 Å². The number of nitrogens with zero attached hydrogens (tertiary/aromatic N) is 1. The number of amides is 2. The molecule has 0 aliphatic carbocycles. The Balaban J connectivity index is 1.69. The fourth-order valence-corrected chi connectivity index (χ4v) is 3.56. The van der Waals surface area contributed by atoms with Gasteiger partial charge in [-0.2, -0.15) is 0 Å². The molecule has 1 unspecified atom stereocenters. The van der Waals surface area contributed by atoms with E-state index in [9.17, 15) is 4.79 Å². The number of urea groups is 1. The minimum Gasteiger partial charge on any atom is -0.319 e. The maximum atomic E-state index is 12.4. The van der Waals surface area contributed by atoms with Gasteiger partial charge in [-0.25, -0.2) is 9.78 Å². The number of hydrogen-bond acceptors (Lipinski definition) is 4. The van der Waals surface area contributed by atoms with Gasteiger partial charge in [0.1, 0.15) is 0 Å². The summed E-state index contributed by atoms with van der Waals surface area (Å²) in [4.78, 5) is 16.9. The zero-order valence-electron chi connectivity index (χ0n) is 15.7. The number of anilines is 2. The number of rotatable bonds is 4. The third-order valence-electron chi connectivity index (χ3n) is 4.20. The molecule has 1 atom stereocenters. The summed E-state index contributed by atoms with van der Waals surface area (Å²) in [5.74, 6) is 0. The Morgan fingerprint density at radius 2 is 1.70 bits per heavy atom. The minimum atomic E-state index is -0.319. The number of carbonyl (C=O) groups excluding carboxylic acids is 1. The van der Waals surface area contributed by atoms with Crippen molar-refractivity contribution in [3.05, 3.63) is 76.8 Å². The molecule has 2 aromatic carbocycles. The highest BCUT2D eigenvalue weighted by atomic mass is 32.1. The van der Waals surface area contributed by atoms with Crippen LogP contribution >= 0.6 is 11.3 Å². The molecule has 0 aliphatic heterocycles. The lowest BCUT2D eigenvalue weighted by Gasteiger charge is -2.22. The van der Waals surface area contributed by atoms with Gasteiger partial charge < -0.3 is 11.1 Å². The van der Waals surface area contributed by atoms with Crippen molar-refractivity contribution >= 4 is 28.2 Å². The molecule has 0 aliphatic rings. The fraction of sp³-hybridized carbons (Fsp3) is 0.238. The van der Waals surface area contributed by atoms with Crippen molar-refractivity contribution in [1.82, 2.24) is 4.98 Å². The van der Waals surface area contributed by atoms with Gasteiger partial charge in [-0.3, -0.25) is 5.32 Å². The summed E-state index contributed by atoms with van der Waals surface area (Å²) in [6.07, 6.45) is 0. The van der Waals surface area contributed by atoms with E-state index >= 15 is 0 Å². The third-order valence-corrected chi connectivity index (χ3v) is 4.98. The molecule has 4 N–H and O–H groups in total. The molecule has 1 aromatic heterocycles. The quantitative estimate of drug-likeness (QED) is 0.587. The lowest BCUT2D eigenvalue weighted by molar-refractivity contribution is 0.262. The topological polar surface area (TPSA) is 80.0 Å². The molecular weight excluding hydrogens is 356 g/mol. The molecule has 3 rings (SSSR count). The summed E-state index contributed by atoms with van der Waals surface area (Å²) in [5.41, 5.74) is 9.78. The number of carbonyl (C=O) groups is 1. The summed E-state index contributed by atoms with van der Waals surface area (Å²) in [6.45, 7) is 6.34. The predicted octanol–water partition coefficient (Wildman–Crippen LogP) is 5.13. The van der Waals surface area contributed by atoms with E-state index in [1.807, 2.05) is 60.0 Å². The summed E-state index contributed by atoms with van der Waals surface area (Å²) in [5, 5.41) is 8.11. The average molecular weight is 381 g/mol. The third kappa shape index (κ3) is 4.72. The van der Waals surface area contributed by atoms with Crippen LogP contribution in [0.3, 0.4) is 0 Å². The van der Waals surface area contributed by atoms with Gasteiger partial charge in [0.2, 0.25) is 0 Å². The number of nitrogens with one attached hydrogen (secondary N) is 2. The smallest absolute Gasteiger partial charge is 0.319 e. The number of para-hydroxylation sites is 1. The molecule has 6 heteroatoms. The van der Waals surface area contributed by atoms with Gasteiger partial charge in [-0.15, -0.1) is 11.3 Å². The summed E-state index contributed by atoms with van der Waals surface area (Å²) >= 11 is 1.36. The molecule has 140 valence electrons. The highest BCUT2D eigenvalue weighted by molar-refractivity contribution is 7.14. The largest absolute Gasteiger partial charge is 0.325 e. The molecule has 3 aromatic rings. The number of thiazole rings is 1. The van der Waals surface area contributed by atoms with Crippen LogP contribution in [0.25, 0.3) is 0 Å². The molecule has 1 heterocycles. The van der Waals surface area contributed by atoms with Gasteiger partial charge in [-0.05, 0) is 22.6 Å². The lowest BCUT2D eigenvalue weighted by atomic mass is 9.86. The Morgan fingerprint density at radius 3 is 2.41 bits per heavy atom. The number of nitrogens with two attached hydrogens (primary N) is 1. The van der Waals surface area contributed by atoms with Gasteiger partial charge in [0.05, 0.1) is 11.7 Å². The van der Waals surface area contributed by atoms with E-state index in [1.54, 1.807) is 0 Å². The Hall–Kier alpha value is -2.70. The molecule has 0 saturated carbocycles. The number of benzene rings is 2. The van der Waals surface area contributed by atoms with Crippen LogP contribution in [-0.2, 0) is 5.41 Å². The summed E-state index contributed by atoms with van der Waals surface area (Å²) in [7, 11) is 0. The number of aromatic nitrogens is 1. The van der Waals surface area contributed by atoms with Gasteiger partial charge in [0.15, 0.2) is 5.13 Å². The van der Waals surface area contributed by atoms with Crippen LogP contribution in [0, 0.1) is 0 Å². The van der Waals surface area contributed by atoms with E-state index in [-0.39, 0.29) is 17.5 Å². The maximum absolute atomic E-state index is 12.4. The SMILES string of the molecule is CC(C)(C)c1ccccc1NC(=O)Nc1nc(C(N)c2ccccc2)cs1. The van der Waals surface area contributed by atoms with Crippen molar-refractivity contribution < 1.29 is 4.79 Å². The zero-order chi connectivity index (χ0) is 19.4. The predicted molar refractivity (Wildman–Crippen MR) is 112 cm³/mol. The van der Waals surface area contributed by atoms with Crippen LogP contribution in [0.4, 0.5) is 15.6 Å². The number of hydrogen-bond donors (Lipinski definition) is 3. The summed E-state index contributed by atoms with van der Waals surface area (Å²) in [6, 6.07) is 16.9. The van der Waals surface area contributed by atoms with E-state index in [0.29, 0.717) is 5.13 Å². The molecule has 5 nitrogen and oxygen atoms in total. The van der Waals surface area contributed by atoms with E-state index in [1.165, 1.54) is 11.3 Å². The van der Waals surface area contributed by atoms with E-state index in [2.05, 4.69) is 36.4 Å². The highest BCUT2D eigenvalue weighted by Gasteiger charge is 2.19. The van der Waals surface area contributed by atoms with E-state index in [4.69, 9.17) is 5.73 Å². The normalized spacial score (nSPS) is 12.4. The van der Waals surface area contributed by atoms with Gasteiger partial charge in [0, 0.05) is 11.1 Å². The standard InChI is InChI=1S/C21H24N4OS/c1-21(2,3)15-11-7-8-12-16(15)23-19(26)25-20-24-17(13-27-20)18(22)14-9-5-4-6-10-14/h4-13,18H,22H2,1-3H3,(H2,23,24,25,26). The second-order valence-electron chi connectivity index (χ2n) is 7.34. The molecule has 0 bridgehead atoms. The molecular formula is C21H24N4OS. The van der Waals surface area contributed by atoms with Crippen LogP contribution in [0.2, 0.25) is 0 Å². The molecule has 27 heavy (non-hydrogen) atoms. The van der Waals surface area contributed by atoms with Crippen molar-refractivity contribution in [2.24, 2.45) is 5.73 Å². The molecule has 2 amide bonds. The van der Waals surface area contributed by atoms with Gasteiger partial charge >= 0.3 is 6.03 Å². The second kappa shape index (κ2) is 7.90. The second-order valence-corrected chi connectivity index (χ2v) is 8.20. The first-order chi connectivity index (χ1) is 12.8. The first-order valence-electron chi connectivity index (χ1n) is 8.78. The molecule has 0 spiro atoms. The Labute approximate surface area is 163 Å².